The van der Waals surface area contributed by atoms with E-state index < -0.39 is 0 Å². The van der Waals surface area contributed by atoms with Gasteiger partial charge in [-0.3, -0.25) is 11.3 Å². The zero-order chi connectivity index (χ0) is 8.10. The van der Waals surface area contributed by atoms with Gasteiger partial charge in [0.2, 0.25) is 0 Å². The van der Waals surface area contributed by atoms with Crippen molar-refractivity contribution in [2.45, 2.75) is 19.3 Å². The number of hydrazine groups is 1. The molecule has 0 saturated carbocycles. The van der Waals surface area contributed by atoms with E-state index in [1.165, 1.54) is 32.4 Å². The largest absolute Gasteiger partial charge is 0.306 e. The second-order valence-electron chi connectivity index (χ2n) is 3.51. The van der Waals surface area contributed by atoms with Gasteiger partial charge in [0.1, 0.15) is 0 Å². The summed E-state index contributed by atoms with van der Waals surface area (Å²) in [4.78, 5) is 2.40. The van der Waals surface area contributed by atoms with Gasteiger partial charge in [-0.2, -0.15) is 0 Å². The van der Waals surface area contributed by atoms with Crippen molar-refractivity contribution in [3.63, 3.8) is 0 Å². The lowest BCUT2D eigenvalue weighted by atomic mass is 10.0. The van der Waals surface area contributed by atoms with Crippen LogP contribution in [-0.4, -0.2) is 31.6 Å². The van der Waals surface area contributed by atoms with E-state index in [1.807, 2.05) is 0 Å². The third kappa shape index (κ3) is 3.18. The smallest absolute Gasteiger partial charge is 0.0126 e. The lowest BCUT2D eigenvalue weighted by Gasteiger charge is -2.13. The third-order valence-corrected chi connectivity index (χ3v) is 2.48. The summed E-state index contributed by atoms with van der Waals surface area (Å²) in [5.74, 6) is 6.08. The van der Waals surface area contributed by atoms with Gasteiger partial charge in [-0.25, -0.2) is 0 Å². The molecular formula is C8H19N3. The lowest BCUT2D eigenvalue weighted by Crippen LogP contribution is -2.29. The first-order chi connectivity index (χ1) is 5.33. The van der Waals surface area contributed by atoms with Gasteiger partial charge in [0.05, 0.1) is 0 Å². The van der Waals surface area contributed by atoms with Gasteiger partial charge in [-0.1, -0.05) is 0 Å². The molecule has 0 aromatic carbocycles. The molecule has 1 saturated heterocycles. The highest BCUT2D eigenvalue weighted by molar-refractivity contribution is 4.68. The van der Waals surface area contributed by atoms with Crippen molar-refractivity contribution in [2.24, 2.45) is 11.8 Å². The van der Waals surface area contributed by atoms with Crippen molar-refractivity contribution in [3.05, 3.63) is 0 Å². The summed E-state index contributed by atoms with van der Waals surface area (Å²) in [6, 6.07) is 0. The summed E-state index contributed by atoms with van der Waals surface area (Å²) in [5, 5.41) is 0. The van der Waals surface area contributed by atoms with Crippen LogP contribution in [0.2, 0.25) is 0 Å². The molecule has 0 amide bonds. The van der Waals surface area contributed by atoms with Gasteiger partial charge in [-0.15, -0.1) is 0 Å². The summed E-state index contributed by atoms with van der Waals surface area (Å²) < 4.78 is 0. The predicted molar refractivity (Wildman–Crippen MR) is 47.0 cm³/mol. The first-order valence-electron chi connectivity index (χ1n) is 4.45. The molecule has 0 bridgehead atoms. The van der Waals surface area contributed by atoms with E-state index in [9.17, 15) is 0 Å². The third-order valence-electron chi connectivity index (χ3n) is 2.48. The van der Waals surface area contributed by atoms with Crippen molar-refractivity contribution < 1.29 is 0 Å². The number of nitrogens with two attached hydrogens (primary N) is 1. The van der Waals surface area contributed by atoms with Crippen LogP contribution in [0.3, 0.4) is 0 Å². The molecule has 0 aromatic rings. The first-order valence-corrected chi connectivity index (χ1v) is 4.45. The van der Waals surface area contributed by atoms with Gasteiger partial charge >= 0.3 is 0 Å². The molecule has 1 atom stereocenters. The molecule has 3 heteroatoms. The molecule has 1 aliphatic rings. The Balaban J connectivity index is 2.22. The van der Waals surface area contributed by atoms with E-state index in [2.05, 4.69) is 17.4 Å². The second kappa shape index (κ2) is 4.70. The minimum atomic E-state index is 0.796. The second-order valence-corrected chi connectivity index (χ2v) is 3.51. The topological polar surface area (TPSA) is 41.3 Å². The summed E-state index contributed by atoms with van der Waals surface area (Å²) >= 11 is 0. The van der Waals surface area contributed by atoms with Crippen LogP contribution >= 0.6 is 0 Å². The highest BCUT2D eigenvalue weighted by atomic mass is 15.2. The van der Waals surface area contributed by atoms with Crippen molar-refractivity contribution in [1.82, 2.24) is 10.3 Å². The first kappa shape index (κ1) is 8.97. The standard InChI is InChI=1S/C8H19N3/c1-11-5-2-3-8(4-6-11)7-10-9/h8,10H,2-7,9H2,1H3. The molecule has 1 fully saturated rings. The predicted octanol–water partition coefficient (Wildman–Crippen LogP) is 0.182. The molecule has 11 heavy (non-hydrogen) atoms. The van der Waals surface area contributed by atoms with Gasteiger partial charge in [-0.05, 0) is 45.3 Å². The number of hydrogen-bond acceptors (Lipinski definition) is 3. The molecule has 3 nitrogen and oxygen atoms in total. The summed E-state index contributed by atoms with van der Waals surface area (Å²) in [5.41, 5.74) is 2.76. The van der Waals surface area contributed by atoms with Crippen LogP contribution in [0.15, 0.2) is 0 Å². The molecule has 1 unspecified atom stereocenters. The Kier molecular flexibility index (Phi) is 3.83. The van der Waals surface area contributed by atoms with Crippen molar-refractivity contribution in [2.75, 3.05) is 26.7 Å². The van der Waals surface area contributed by atoms with Crippen molar-refractivity contribution >= 4 is 0 Å². The van der Waals surface area contributed by atoms with Crippen molar-refractivity contribution in [1.29, 1.82) is 0 Å². The Labute approximate surface area is 68.9 Å². The maximum atomic E-state index is 5.28. The van der Waals surface area contributed by atoms with Gasteiger partial charge in [0.25, 0.3) is 0 Å². The Bertz CT molecular complexity index is 106. The number of nitrogens with one attached hydrogen (secondary N) is 1. The normalized spacial score (nSPS) is 28.4. The van der Waals surface area contributed by atoms with E-state index in [0.717, 1.165) is 12.5 Å². The Hall–Kier alpha value is -0.120. The fraction of sp³-hybridized carbons (Fsp3) is 1.00. The van der Waals surface area contributed by atoms with Crippen LogP contribution in [0, 0.1) is 5.92 Å². The molecule has 0 spiro atoms. The van der Waals surface area contributed by atoms with Crippen LogP contribution < -0.4 is 11.3 Å². The molecular weight excluding hydrogens is 138 g/mol. The Morgan fingerprint density at radius 1 is 1.45 bits per heavy atom. The summed E-state index contributed by atoms with van der Waals surface area (Å²) in [7, 11) is 2.19. The minimum Gasteiger partial charge on any atom is -0.306 e. The average Bonchev–Trinajstić information content (AvgIpc) is 2.17. The van der Waals surface area contributed by atoms with E-state index in [4.69, 9.17) is 5.84 Å². The van der Waals surface area contributed by atoms with Gasteiger partial charge < -0.3 is 4.90 Å². The number of rotatable bonds is 2. The molecule has 1 rings (SSSR count). The molecule has 0 radical (unpaired) electrons. The van der Waals surface area contributed by atoms with E-state index in [0.29, 0.717) is 0 Å². The zero-order valence-corrected chi connectivity index (χ0v) is 7.34. The minimum absolute atomic E-state index is 0.796. The average molecular weight is 157 g/mol. The summed E-state index contributed by atoms with van der Waals surface area (Å²) in [6.45, 7) is 3.46. The molecule has 66 valence electrons. The van der Waals surface area contributed by atoms with Crippen LogP contribution in [0.25, 0.3) is 0 Å². The maximum absolute atomic E-state index is 5.28. The molecule has 0 aromatic heterocycles. The van der Waals surface area contributed by atoms with Crippen LogP contribution in [0.5, 0.6) is 0 Å². The maximum Gasteiger partial charge on any atom is 0.0126 e. The Morgan fingerprint density at radius 3 is 3.00 bits per heavy atom. The van der Waals surface area contributed by atoms with Gasteiger partial charge in [0.15, 0.2) is 0 Å². The molecule has 1 heterocycles. The van der Waals surface area contributed by atoms with Crippen molar-refractivity contribution in [3.8, 4) is 0 Å². The van der Waals surface area contributed by atoms with Crippen LogP contribution in [0.1, 0.15) is 19.3 Å². The number of hydrogen-bond donors (Lipinski definition) is 2. The Morgan fingerprint density at radius 2 is 2.27 bits per heavy atom. The quantitative estimate of drug-likeness (QED) is 0.444. The molecule has 0 aliphatic carbocycles. The molecule has 3 N–H and O–H groups in total. The highest BCUT2D eigenvalue weighted by Crippen LogP contribution is 2.14. The highest BCUT2D eigenvalue weighted by Gasteiger charge is 2.13. The van der Waals surface area contributed by atoms with Crippen LogP contribution in [-0.2, 0) is 0 Å². The monoisotopic (exact) mass is 157 g/mol. The lowest BCUT2D eigenvalue weighted by molar-refractivity contribution is 0.340. The number of nitrogens with zero attached hydrogens (tertiary/aromatic N) is 1. The fourth-order valence-electron chi connectivity index (χ4n) is 1.68. The van der Waals surface area contributed by atoms with Crippen LogP contribution in [0.4, 0.5) is 0 Å². The van der Waals surface area contributed by atoms with E-state index >= 15 is 0 Å². The molecule has 1 aliphatic heterocycles. The SMILES string of the molecule is CN1CCCC(CNN)CC1. The fourth-order valence-corrected chi connectivity index (χ4v) is 1.68. The van der Waals surface area contributed by atoms with Gasteiger partial charge in [0, 0.05) is 6.54 Å². The van der Waals surface area contributed by atoms with E-state index in [-0.39, 0.29) is 0 Å². The number of likely N-dealkylation sites (tertiary alicyclic amines) is 1. The van der Waals surface area contributed by atoms with E-state index in [1.54, 1.807) is 0 Å². The summed E-state index contributed by atoms with van der Waals surface area (Å²) in [6.07, 6.45) is 3.94. The zero-order valence-electron chi connectivity index (χ0n) is 7.34.